The molecule has 208 valence electrons. The summed E-state index contributed by atoms with van der Waals surface area (Å²) in [5.74, 6) is -0.906. The molecule has 0 saturated carbocycles. The lowest BCUT2D eigenvalue weighted by Crippen LogP contribution is -2.51. The van der Waals surface area contributed by atoms with Crippen LogP contribution in [-0.4, -0.2) is 74.7 Å². The molecule has 11 heteroatoms. The van der Waals surface area contributed by atoms with Crippen molar-refractivity contribution in [2.75, 3.05) is 32.0 Å². The first-order valence-corrected chi connectivity index (χ1v) is 14.0. The average Bonchev–Trinajstić information content (AvgIpc) is 3.36. The van der Waals surface area contributed by atoms with Crippen LogP contribution in [0, 0.1) is 11.8 Å². The molecule has 1 amide bonds. The van der Waals surface area contributed by atoms with E-state index in [4.69, 9.17) is 24.1 Å². The second-order valence-electron chi connectivity index (χ2n) is 9.90. The number of carbonyl (C=O) groups excluding carboxylic acids is 1. The average molecular weight is 551 g/mol. The number of nitrogen functional groups attached to an aromatic ring is 1. The monoisotopic (exact) mass is 550 g/mol. The Morgan fingerprint density at radius 1 is 1.21 bits per heavy atom. The number of carbonyl (C=O) groups is 1. The molecule has 2 fully saturated rings. The predicted octanol–water partition coefficient (Wildman–Crippen LogP) is 2.38. The lowest BCUT2D eigenvalue weighted by Gasteiger charge is -2.31. The Morgan fingerprint density at radius 2 is 1.92 bits per heavy atom. The Morgan fingerprint density at radius 3 is 2.61 bits per heavy atom. The fourth-order valence-corrected chi connectivity index (χ4v) is 6.07. The molecule has 4 rings (SSSR count). The number of benzene rings is 2. The zero-order chi connectivity index (χ0) is 30.0. The second-order valence-corrected chi connectivity index (χ2v) is 11.8. The third-order valence-corrected chi connectivity index (χ3v) is 8.25. The number of amides is 1. The number of alkyl carbamates (subject to hydrolysis) is 1. The van der Waals surface area contributed by atoms with Crippen LogP contribution in [0.5, 0.6) is 0 Å². The van der Waals surface area contributed by atoms with Crippen molar-refractivity contribution in [1.29, 1.82) is 0 Å². The molecular formula is C27H37N3O7S. The van der Waals surface area contributed by atoms with Gasteiger partial charge in [0.05, 0.1) is 40.2 Å². The van der Waals surface area contributed by atoms with Crippen LogP contribution in [0.4, 0.5) is 10.5 Å². The molecule has 2 heterocycles. The van der Waals surface area contributed by atoms with Crippen LogP contribution in [0.3, 0.4) is 0 Å². The van der Waals surface area contributed by atoms with Gasteiger partial charge in [0.25, 0.3) is 0 Å². The van der Waals surface area contributed by atoms with Gasteiger partial charge in [-0.1, -0.05) is 44.2 Å². The largest absolute Gasteiger partial charge is 0.443 e. The number of fused-ring (bicyclic) bond motifs is 1. The van der Waals surface area contributed by atoms with Crippen molar-refractivity contribution in [2.45, 2.75) is 56.1 Å². The van der Waals surface area contributed by atoms with Crippen molar-refractivity contribution in [2.24, 2.45) is 11.8 Å². The normalized spacial score (nSPS) is 27.2. The lowest BCUT2D eigenvalue weighted by molar-refractivity contribution is -0.0907. The molecule has 0 bridgehead atoms. The maximum atomic E-state index is 13.5. The fraction of sp³-hybridized carbons (Fsp3) is 0.519. The molecule has 0 aromatic heterocycles. The Labute approximate surface area is 228 Å². The predicted molar refractivity (Wildman–Crippen MR) is 142 cm³/mol. The maximum absolute atomic E-state index is 13.5. The summed E-state index contributed by atoms with van der Waals surface area (Å²) in [6, 6.07) is 13.8. The third kappa shape index (κ3) is 7.03. The minimum absolute atomic E-state index is 0.0251. The molecule has 38 heavy (non-hydrogen) atoms. The number of hydrogen-bond donors (Lipinski definition) is 3. The van der Waals surface area contributed by atoms with E-state index in [0.717, 1.165) is 5.56 Å². The number of ether oxygens (including phenoxy) is 3. The summed E-state index contributed by atoms with van der Waals surface area (Å²) in [4.78, 5) is 13.1. The number of nitrogens with zero attached hydrogens (tertiary/aromatic N) is 1. The zero-order valence-electron chi connectivity index (χ0n) is 24.4. The molecule has 5 atom stereocenters. The number of aliphatic hydroxyl groups excluding tert-OH is 1. The van der Waals surface area contributed by atoms with Gasteiger partial charge in [0.2, 0.25) is 10.0 Å². The topological polar surface area (TPSA) is 140 Å². The number of nitrogens with two attached hydrogens (primary N) is 1. The molecule has 0 radical (unpaired) electrons. The number of anilines is 1. The smallest absolute Gasteiger partial charge is 0.407 e. The number of aliphatic hydroxyl groups is 1. The molecule has 2 aromatic rings. The summed E-state index contributed by atoms with van der Waals surface area (Å²) in [6.45, 7) is 1.19. The highest BCUT2D eigenvalue weighted by atomic mass is 32.2. The van der Waals surface area contributed by atoms with Gasteiger partial charge in [-0.25, -0.2) is 13.2 Å². The third-order valence-electron chi connectivity index (χ3n) is 6.40. The van der Waals surface area contributed by atoms with Crippen LogP contribution < -0.4 is 11.1 Å². The zero-order valence-corrected chi connectivity index (χ0v) is 22.3. The van der Waals surface area contributed by atoms with Gasteiger partial charge < -0.3 is 30.4 Å². The van der Waals surface area contributed by atoms with Crippen molar-refractivity contribution in [3.63, 3.8) is 0 Å². The standard InChI is InChI=1S/C27H37N3O7S/c1-18(2)15-30(38(33,34)21-10-8-20(28)9-11-21)16-24(31)23(14-19-6-4-3-5-7-19)29-27(32)37-25-17-36-26-22(25)12-13-35-26/h3-11,18,22-26,31H,12-17,28H2,1-2H3,(H,29,32)/t22-,23-,24+,25-,26+/m0/s1/i13D2,25D. The Balaban J connectivity index is 1.53. The van der Waals surface area contributed by atoms with E-state index in [-0.39, 0.29) is 43.4 Å². The van der Waals surface area contributed by atoms with Crippen molar-refractivity contribution in [1.82, 2.24) is 9.62 Å². The first kappa shape index (κ1) is 24.3. The fourth-order valence-electron chi connectivity index (χ4n) is 4.44. The second kappa shape index (κ2) is 12.4. The van der Waals surface area contributed by atoms with E-state index in [1.54, 1.807) is 12.1 Å². The quantitative estimate of drug-likeness (QED) is 0.362. The number of sulfonamides is 1. The van der Waals surface area contributed by atoms with E-state index in [1.165, 1.54) is 28.6 Å². The highest BCUT2D eigenvalue weighted by molar-refractivity contribution is 7.89. The van der Waals surface area contributed by atoms with Crippen molar-refractivity contribution in [3.8, 4) is 0 Å². The van der Waals surface area contributed by atoms with E-state index in [0.29, 0.717) is 5.69 Å². The summed E-state index contributed by atoms with van der Waals surface area (Å²) in [5.41, 5.74) is 6.92. The van der Waals surface area contributed by atoms with Gasteiger partial charge in [-0.3, -0.25) is 0 Å². The molecule has 0 aliphatic carbocycles. The van der Waals surface area contributed by atoms with Gasteiger partial charge in [0.15, 0.2) is 6.29 Å². The molecule has 2 aromatic carbocycles. The molecule has 10 nitrogen and oxygen atoms in total. The summed E-state index contributed by atoms with van der Waals surface area (Å²) in [7, 11) is -4.01. The van der Waals surface area contributed by atoms with Gasteiger partial charge in [0.1, 0.15) is 6.08 Å². The summed E-state index contributed by atoms with van der Waals surface area (Å²) in [5, 5.41) is 14.0. The summed E-state index contributed by atoms with van der Waals surface area (Å²) in [6.07, 6.45) is -5.32. The first-order chi connectivity index (χ1) is 19.2. The lowest BCUT2D eigenvalue weighted by atomic mass is 10.0. The molecule has 2 saturated heterocycles. The van der Waals surface area contributed by atoms with Gasteiger partial charge in [-0.15, -0.1) is 0 Å². The molecular weight excluding hydrogens is 510 g/mol. The number of rotatable bonds is 11. The molecule has 0 spiro atoms. The van der Waals surface area contributed by atoms with E-state index < -0.39 is 53.1 Å². The SMILES string of the molecule is [2H]C1([2H])C[C@@H]2[C@@H](OC[C@]2([2H])OC(=O)N[C@@H](Cc2ccccc2)[C@H](O)CN(CC(C)C)S(=O)(=O)c2ccc(N)cc2)O1. The van der Waals surface area contributed by atoms with Crippen LogP contribution >= 0.6 is 0 Å². The molecule has 2 aliphatic heterocycles. The van der Waals surface area contributed by atoms with Crippen molar-refractivity contribution >= 4 is 21.8 Å². The van der Waals surface area contributed by atoms with E-state index >= 15 is 0 Å². The molecule has 4 N–H and O–H groups in total. The maximum Gasteiger partial charge on any atom is 0.407 e. The number of hydrogen-bond acceptors (Lipinski definition) is 8. The van der Waals surface area contributed by atoms with Gasteiger partial charge >= 0.3 is 6.09 Å². The first-order valence-electron chi connectivity index (χ1n) is 14.1. The summed E-state index contributed by atoms with van der Waals surface area (Å²) >= 11 is 0. The Kier molecular flexibility index (Phi) is 7.97. The minimum atomic E-state index is -4.01. The van der Waals surface area contributed by atoms with Crippen molar-refractivity contribution in [3.05, 3.63) is 60.2 Å². The van der Waals surface area contributed by atoms with Crippen LogP contribution in [0.1, 0.15) is 29.9 Å². The van der Waals surface area contributed by atoms with Crippen LogP contribution in [0.2, 0.25) is 0 Å². The Hall–Kier alpha value is -2.70. The van der Waals surface area contributed by atoms with E-state index in [1.807, 2.05) is 32.0 Å². The van der Waals surface area contributed by atoms with Crippen LogP contribution in [0.25, 0.3) is 0 Å². The highest BCUT2D eigenvalue weighted by Crippen LogP contribution is 2.33. The van der Waals surface area contributed by atoms with E-state index in [9.17, 15) is 18.3 Å². The number of nitrogens with one attached hydrogen (secondary N) is 1. The Bertz CT molecular complexity index is 1300. The van der Waals surface area contributed by atoms with Crippen LogP contribution in [-0.2, 0) is 30.7 Å². The van der Waals surface area contributed by atoms with Gasteiger partial charge in [0, 0.05) is 18.8 Å². The highest BCUT2D eigenvalue weighted by Gasteiger charge is 2.44. The van der Waals surface area contributed by atoms with Crippen molar-refractivity contribution < 1.29 is 36.6 Å². The van der Waals surface area contributed by atoms with Gasteiger partial charge in [-0.2, -0.15) is 4.31 Å². The molecule has 0 unspecified atom stereocenters. The molecule has 2 aliphatic rings. The van der Waals surface area contributed by atoms with Crippen LogP contribution in [0.15, 0.2) is 59.5 Å². The van der Waals surface area contributed by atoms with Gasteiger partial charge in [-0.05, 0) is 48.6 Å². The minimum Gasteiger partial charge on any atom is -0.443 e. The van der Waals surface area contributed by atoms with E-state index in [2.05, 4.69) is 5.32 Å². The summed E-state index contributed by atoms with van der Waals surface area (Å²) < 4.78 is 68.5.